The molecule has 0 fully saturated rings. The Balaban J connectivity index is 2.32. The third-order valence-corrected chi connectivity index (χ3v) is 3.55. The largest absolute Gasteiger partial charge is 0.327 e. The zero-order valence-electron chi connectivity index (χ0n) is 11.7. The fourth-order valence-corrected chi connectivity index (χ4v) is 2.06. The van der Waals surface area contributed by atoms with Crippen LogP contribution in [0, 0.1) is 19.7 Å². The fourth-order valence-electron chi connectivity index (χ4n) is 2.06. The minimum absolute atomic E-state index is 0.0856. The van der Waals surface area contributed by atoms with E-state index in [4.69, 9.17) is 5.73 Å². The third-order valence-electron chi connectivity index (χ3n) is 3.55. The first-order valence-corrected chi connectivity index (χ1v) is 6.57. The highest BCUT2D eigenvalue weighted by atomic mass is 19.1. The van der Waals surface area contributed by atoms with Gasteiger partial charge in [-0.25, -0.2) is 9.37 Å². The van der Waals surface area contributed by atoms with Crippen molar-refractivity contribution in [1.82, 2.24) is 9.55 Å². The van der Waals surface area contributed by atoms with Gasteiger partial charge < -0.3 is 10.3 Å². The van der Waals surface area contributed by atoms with Gasteiger partial charge >= 0.3 is 0 Å². The molecule has 0 aliphatic carbocycles. The molecule has 1 unspecified atom stereocenters. The highest BCUT2D eigenvalue weighted by Crippen LogP contribution is 2.19. The van der Waals surface area contributed by atoms with E-state index < -0.39 is 0 Å². The van der Waals surface area contributed by atoms with Gasteiger partial charge in [0.1, 0.15) is 5.82 Å². The van der Waals surface area contributed by atoms with Crippen molar-refractivity contribution in [2.24, 2.45) is 5.73 Å². The van der Waals surface area contributed by atoms with Gasteiger partial charge in [0.25, 0.3) is 0 Å². The number of nitrogens with zero attached hydrogens (tertiary/aromatic N) is 2. The molecule has 1 atom stereocenters. The molecule has 0 saturated carbocycles. The number of hydrogen-bond donors (Lipinski definition) is 1. The SMILES string of the molecule is CCC(N)Cc1ccc(-n2cnc(C)c2C)c(F)c1. The van der Waals surface area contributed by atoms with E-state index in [1.165, 1.54) is 0 Å². The summed E-state index contributed by atoms with van der Waals surface area (Å²) in [6, 6.07) is 5.38. The van der Waals surface area contributed by atoms with Gasteiger partial charge in [0, 0.05) is 11.7 Å². The third kappa shape index (κ3) is 2.84. The van der Waals surface area contributed by atoms with Gasteiger partial charge in [0.05, 0.1) is 17.7 Å². The molecule has 0 aliphatic heterocycles. The Hall–Kier alpha value is -1.68. The summed E-state index contributed by atoms with van der Waals surface area (Å²) in [5, 5.41) is 0. The monoisotopic (exact) mass is 261 g/mol. The standard InChI is InChI=1S/C15H20FN3/c1-4-13(17)7-12-5-6-15(14(16)8-12)19-9-18-10(2)11(19)3/h5-6,8-9,13H,4,7,17H2,1-3H3. The highest BCUT2D eigenvalue weighted by Gasteiger charge is 2.10. The molecular weight excluding hydrogens is 241 g/mol. The average Bonchev–Trinajstić information content (AvgIpc) is 2.70. The van der Waals surface area contributed by atoms with Crippen molar-refractivity contribution in [3.05, 3.63) is 47.3 Å². The zero-order valence-corrected chi connectivity index (χ0v) is 11.7. The summed E-state index contributed by atoms with van der Waals surface area (Å²) in [5.41, 5.74) is 9.23. The van der Waals surface area contributed by atoms with Crippen molar-refractivity contribution in [3.8, 4) is 5.69 Å². The van der Waals surface area contributed by atoms with Crippen molar-refractivity contribution in [2.45, 2.75) is 39.7 Å². The van der Waals surface area contributed by atoms with Gasteiger partial charge in [-0.15, -0.1) is 0 Å². The Morgan fingerprint density at radius 3 is 2.63 bits per heavy atom. The van der Waals surface area contributed by atoms with Crippen LogP contribution in [0.2, 0.25) is 0 Å². The van der Waals surface area contributed by atoms with E-state index in [1.807, 2.05) is 26.8 Å². The normalized spacial score (nSPS) is 12.7. The van der Waals surface area contributed by atoms with Crippen molar-refractivity contribution in [2.75, 3.05) is 0 Å². The van der Waals surface area contributed by atoms with Crippen molar-refractivity contribution < 1.29 is 4.39 Å². The van der Waals surface area contributed by atoms with Crippen LogP contribution in [0.25, 0.3) is 5.69 Å². The minimum Gasteiger partial charge on any atom is -0.327 e. The second kappa shape index (κ2) is 5.53. The number of rotatable bonds is 4. The molecule has 0 saturated heterocycles. The summed E-state index contributed by atoms with van der Waals surface area (Å²) in [6.45, 7) is 5.88. The van der Waals surface area contributed by atoms with Gasteiger partial charge in [-0.3, -0.25) is 0 Å². The first-order valence-electron chi connectivity index (χ1n) is 6.57. The second-order valence-corrected chi connectivity index (χ2v) is 4.94. The molecule has 0 amide bonds. The van der Waals surface area contributed by atoms with Crippen LogP contribution in [0.4, 0.5) is 4.39 Å². The summed E-state index contributed by atoms with van der Waals surface area (Å²) in [7, 11) is 0. The lowest BCUT2D eigenvalue weighted by molar-refractivity contribution is 0.606. The van der Waals surface area contributed by atoms with E-state index in [1.54, 1.807) is 23.0 Å². The predicted molar refractivity (Wildman–Crippen MR) is 75.0 cm³/mol. The van der Waals surface area contributed by atoms with Crippen LogP contribution < -0.4 is 5.73 Å². The van der Waals surface area contributed by atoms with E-state index >= 15 is 0 Å². The molecule has 3 nitrogen and oxygen atoms in total. The van der Waals surface area contributed by atoms with Crippen molar-refractivity contribution in [3.63, 3.8) is 0 Å². The summed E-state index contributed by atoms with van der Waals surface area (Å²) in [5.74, 6) is -0.235. The Bertz CT molecular complexity index is 575. The molecule has 19 heavy (non-hydrogen) atoms. The number of imidazole rings is 1. The average molecular weight is 261 g/mol. The molecule has 0 spiro atoms. The number of hydrogen-bond acceptors (Lipinski definition) is 2. The first-order chi connectivity index (χ1) is 9.02. The van der Waals surface area contributed by atoms with E-state index in [2.05, 4.69) is 4.98 Å². The summed E-state index contributed by atoms with van der Waals surface area (Å²) in [6.07, 6.45) is 3.25. The lowest BCUT2D eigenvalue weighted by atomic mass is 10.0. The minimum atomic E-state index is -0.235. The number of aryl methyl sites for hydroxylation is 1. The maximum atomic E-state index is 14.2. The highest BCUT2D eigenvalue weighted by molar-refractivity contribution is 5.39. The van der Waals surface area contributed by atoms with Gasteiger partial charge in [0.15, 0.2) is 0 Å². The van der Waals surface area contributed by atoms with E-state index in [-0.39, 0.29) is 11.9 Å². The number of halogens is 1. The van der Waals surface area contributed by atoms with Gasteiger partial charge in [-0.2, -0.15) is 0 Å². The van der Waals surface area contributed by atoms with E-state index in [9.17, 15) is 4.39 Å². The molecule has 1 aromatic carbocycles. The van der Waals surface area contributed by atoms with Crippen LogP contribution in [0.5, 0.6) is 0 Å². The summed E-state index contributed by atoms with van der Waals surface area (Å²) < 4.78 is 16.0. The Morgan fingerprint density at radius 2 is 2.11 bits per heavy atom. The van der Waals surface area contributed by atoms with E-state index in [0.717, 1.165) is 23.4 Å². The van der Waals surface area contributed by atoms with Crippen LogP contribution >= 0.6 is 0 Å². The van der Waals surface area contributed by atoms with Crippen molar-refractivity contribution >= 4 is 0 Å². The molecule has 4 heteroatoms. The Morgan fingerprint density at radius 1 is 1.37 bits per heavy atom. The molecule has 0 radical (unpaired) electrons. The quantitative estimate of drug-likeness (QED) is 0.919. The maximum Gasteiger partial charge on any atom is 0.147 e. The lowest BCUT2D eigenvalue weighted by Gasteiger charge is -2.11. The summed E-state index contributed by atoms with van der Waals surface area (Å²) >= 11 is 0. The molecule has 0 bridgehead atoms. The second-order valence-electron chi connectivity index (χ2n) is 4.94. The van der Waals surface area contributed by atoms with Crippen LogP contribution in [-0.2, 0) is 6.42 Å². The van der Waals surface area contributed by atoms with Crippen LogP contribution in [0.1, 0.15) is 30.3 Å². The smallest absolute Gasteiger partial charge is 0.147 e. The van der Waals surface area contributed by atoms with Gasteiger partial charge in [-0.1, -0.05) is 13.0 Å². The molecule has 1 aromatic heterocycles. The van der Waals surface area contributed by atoms with Crippen LogP contribution in [0.15, 0.2) is 24.5 Å². The number of benzene rings is 1. The molecule has 0 aliphatic rings. The number of nitrogens with two attached hydrogens (primary N) is 1. The Labute approximate surface area is 113 Å². The molecule has 102 valence electrons. The molecule has 2 rings (SSSR count). The topological polar surface area (TPSA) is 43.8 Å². The Kier molecular flexibility index (Phi) is 4.00. The molecular formula is C15H20FN3. The fraction of sp³-hybridized carbons (Fsp3) is 0.400. The number of aromatic nitrogens is 2. The summed E-state index contributed by atoms with van der Waals surface area (Å²) in [4.78, 5) is 4.19. The first kappa shape index (κ1) is 13.7. The molecule has 2 N–H and O–H groups in total. The predicted octanol–water partition coefficient (Wildman–Crippen LogP) is 2.91. The zero-order chi connectivity index (χ0) is 14.0. The van der Waals surface area contributed by atoms with E-state index in [0.29, 0.717) is 12.1 Å². The molecule has 1 heterocycles. The van der Waals surface area contributed by atoms with Crippen LogP contribution in [0.3, 0.4) is 0 Å². The van der Waals surface area contributed by atoms with Gasteiger partial charge in [0.2, 0.25) is 0 Å². The molecule has 2 aromatic rings. The van der Waals surface area contributed by atoms with Gasteiger partial charge in [-0.05, 0) is 44.4 Å². The lowest BCUT2D eigenvalue weighted by Crippen LogP contribution is -2.21. The van der Waals surface area contributed by atoms with Crippen molar-refractivity contribution in [1.29, 1.82) is 0 Å². The maximum absolute atomic E-state index is 14.2. The van der Waals surface area contributed by atoms with Crippen LogP contribution in [-0.4, -0.2) is 15.6 Å².